The highest BCUT2D eigenvalue weighted by Crippen LogP contribution is 2.25. The number of hydrogen-bond donors (Lipinski definition) is 1. The minimum atomic E-state index is -0.963. The zero-order valence-electron chi connectivity index (χ0n) is 13.1. The molecule has 132 valence electrons. The van der Waals surface area contributed by atoms with Crippen molar-refractivity contribution in [3.63, 3.8) is 0 Å². The second kappa shape index (κ2) is 10.7. The lowest BCUT2D eigenvalue weighted by atomic mass is 10.1. The first-order valence-corrected chi connectivity index (χ1v) is 9.21. The summed E-state index contributed by atoms with van der Waals surface area (Å²) in [6.45, 7) is 0. The van der Waals surface area contributed by atoms with Crippen LogP contribution >= 0.6 is 43.5 Å². The van der Waals surface area contributed by atoms with Gasteiger partial charge in [0.25, 0.3) is 0 Å². The Morgan fingerprint density at radius 3 is 1.69 bits per heavy atom. The van der Waals surface area contributed by atoms with Crippen molar-refractivity contribution in [2.75, 3.05) is 0 Å². The molecule has 0 spiro atoms. The average Bonchev–Trinajstić information content (AvgIpc) is 2.67. The Balaban J connectivity index is 0.000000260. The lowest BCUT2D eigenvalue weighted by Crippen LogP contribution is -2.04. The van der Waals surface area contributed by atoms with Crippen LogP contribution in [0.15, 0.2) is 48.5 Å². The number of alkyl halides is 2. The van der Waals surface area contributed by atoms with Crippen molar-refractivity contribution in [2.24, 2.45) is 0 Å². The van der Waals surface area contributed by atoms with E-state index in [0.717, 1.165) is 0 Å². The van der Waals surface area contributed by atoms with Gasteiger partial charge in [-0.2, -0.15) is 10.5 Å². The van der Waals surface area contributed by atoms with E-state index in [1.54, 1.807) is 48.5 Å². The molecular formula is C18H11Br2ClN2O3. The Labute approximate surface area is 172 Å². The summed E-state index contributed by atoms with van der Waals surface area (Å²) in [5, 5.41) is 25.3. The highest BCUT2D eigenvalue weighted by molar-refractivity contribution is 9.09. The second-order valence-corrected chi connectivity index (χ2v) is 7.05. The number of halogens is 3. The van der Waals surface area contributed by atoms with E-state index in [9.17, 15) is 9.59 Å². The molecule has 0 radical (unpaired) electrons. The van der Waals surface area contributed by atoms with E-state index in [0.29, 0.717) is 22.3 Å². The van der Waals surface area contributed by atoms with Crippen molar-refractivity contribution in [1.82, 2.24) is 0 Å². The summed E-state index contributed by atoms with van der Waals surface area (Å²) in [5.41, 5.74) is 2.24. The van der Waals surface area contributed by atoms with Gasteiger partial charge in [0, 0.05) is 0 Å². The van der Waals surface area contributed by atoms with Crippen LogP contribution in [0.2, 0.25) is 0 Å². The first kappa shape index (κ1) is 21.9. The minimum Gasteiger partial charge on any atom is -0.480 e. The SMILES string of the molecule is N#Cc1cccc(C(Br)C(=O)Cl)c1.N#Cc1cccc(C(Br)C(=O)O)c1. The third-order valence-electron chi connectivity index (χ3n) is 3.03. The minimum absolute atomic E-state index is 0.461. The predicted octanol–water partition coefficient (Wildman–Crippen LogP) is 4.84. The van der Waals surface area contributed by atoms with Gasteiger partial charge in [-0.25, -0.2) is 0 Å². The van der Waals surface area contributed by atoms with E-state index >= 15 is 0 Å². The van der Waals surface area contributed by atoms with Crippen LogP contribution in [-0.2, 0) is 9.59 Å². The smallest absolute Gasteiger partial charge is 0.321 e. The van der Waals surface area contributed by atoms with Gasteiger partial charge in [-0.1, -0.05) is 56.1 Å². The summed E-state index contributed by atoms with van der Waals surface area (Å²) in [7, 11) is 0. The second-order valence-electron chi connectivity index (χ2n) is 4.84. The highest BCUT2D eigenvalue weighted by Gasteiger charge is 2.15. The van der Waals surface area contributed by atoms with Gasteiger partial charge in [0.2, 0.25) is 5.24 Å². The number of carbonyl (C=O) groups excluding carboxylic acids is 1. The standard InChI is InChI=1S/C9H5BrClNO.C9H6BrNO2/c10-8(9(11)13)7-3-1-2-6(4-7)5-12;10-8(9(12)13)7-3-1-2-6(4-7)5-11/h1-4,8H;1-4,8H,(H,12,13). The number of carboxylic acids is 1. The summed E-state index contributed by atoms with van der Waals surface area (Å²) in [5.74, 6) is -0.963. The zero-order valence-corrected chi connectivity index (χ0v) is 17.0. The Bertz CT molecular complexity index is 817. The number of aliphatic carboxylic acids is 1. The van der Waals surface area contributed by atoms with Gasteiger partial charge in [-0.05, 0) is 47.0 Å². The molecule has 2 aromatic rings. The molecule has 1 N–H and O–H groups in total. The van der Waals surface area contributed by atoms with Crippen LogP contribution in [0.25, 0.3) is 0 Å². The Morgan fingerprint density at radius 2 is 1.35 bits per heavy atom. The van der Waals surface area contributed by atoms with Crippen LogP contribution in [0.4, 0.5) is 0 Å². The van der Waals surface area contributed by atoms with Crippen molar-refractivity contribution in [2.45, 2.75) is 9.65 Å². The third-order valence-corrected chi connectivity index (χ3v) is 5.38. The van der Waals surface area contributed by atoms with Gasteiger partial charge < -0.3 is 5.11 Å². The maximum atomic E-state index is 10.8. The molecule has 2 aromatic carbocycles. The monoisotopic (exact) mass is 496 g/mol. The highest BCUT2D eigenvalue weighted by atomic mass is 79.9. The quantitative estimate of drug-likeness (QED) is 0.480. The molecular weight excluding hydrogens is 487 g/mol. The van der Waals surface area contributed by atoms with Crippen molar-refractivity contribution < 1.29 is 14.7 Å². The molecule has 2 unspecified atom stereocenters. The van der Waals surface area contributed by atoms with Crippen LogP contribution < -0.4 is 0 Å². The van der Waals surface area contributed by atoms with E-state index in [1.807, 2.05) is 12.1 Å². The predicted molar refractivity (Wildman–Crippen MR) is 104 cm³/mol. The van der Waals surface area contributed by atoms with Crippen molar-refractivity contribution in [1.29, 1.82) is 10.5 Å². The summed E-state index contributed by atoms with van der Waals surface area (Å²) in [6, 6.07) is 17.2. The molecule has 0 bridgehead atoms. The third kappa shape index (κ3) is 6.61. The number of nitrogens with zero attached hydrogens (tertiary/aromatic N) is 2. The average molecular weight is 499 g/mol. The molecule has 26 heavy (non-hydrogen) atoms. The molecule has 0 heterocycles. The van der Waals surface area contributed by atoms with Crippen LogP contribution in [0.3, 0.4) is 0 Å². The number of carbonyl (C=O) groups is 2. The largest absolute Gasteiger partial charge is 0.480 e. The fourth-order valence-electron chi connectivity index (χ4n) is 1.81. The molecule has 0 fully saturated rings. The molecule has 0 amide bonds. The molecule has 8 heteroatoms. The lowest BCUT2D eigenvalue weighted by Gasteiger charge is -2.03. The van der Waals surface area contributed by atoms with E-state index in [1.165, 1.54) is 0 Å². The molecule has 0 aliphatic rings. The number of benzene rings is 2. The van der Waals surface area contributed by atoms with E-state index in [4.69, 9.17) is 27.2 Å². The normalized spacial score (nSPS) is 11.7. The maximum Gasteiger partial charge on any atom is 0.321 e. The van der Waals surface area contributed by atoms with Crippen molar-refractivity contribution in [3.05, 3.63) is 70.8 Å². The molecule has 2 atom stereocenters. The Hall–Kier alpha value is -2.19. The summed E-state index contributed by atoms with van der Waals surface area (Å²) in [6.07, 6.45) is 0. The fraction of sp³-hybridized carbons (Fsp3) is 0.111. The van der Waals surface area contributed by atoms with Gasteiger partial charge in [-0.3, -0.25) is 9.59 Å². The maximum absolute atomic E-state index is 10.8. The van der Waals surface area contributed by atoms with Crippen molar-refractivity contribution >= 4 is 54.7 Å². The van der Waals surface area contributed by atoms with E-state index in [-0.39, 0.29) is 0 Å². The van der Waals surface area contributed by atoms with E-state index < -0.39 is 20.9 Å². The molecule has 0 aliphatic heterocycles. The Morgan fingerprint density at radius 1 is 0.923 bits per heavy atom. The van der Waals surface area contributed by atoms with Gasteiger partial charge in [0.1, 0.15) is 9.65 Å². The number of carboxylic acid groups (broad SMARTS) is 1. The molecule has 0 aromatic heterocycles. The molecule has 0 aliphatic carbocycles. The lowest BCUT2D eigenvalue weighted by molar-refractivity contribution is -0.136. The summed E-state index contributed by atoms with van der Waals surface area (Å²) < 4.78 is 0. The van der Waals surface area contributed by atoms with E-state index in [2.05, 4.69) is 31.9 Å². The summed E-state index contributed by atoms with van der Waals surface area (Å²) >= 11 is 11.4. The number of hydrogen-bond acceptors (Lipinski definition) is 4. The van der Waals surface area contributed by atoms with Crippen LogP contribution in [-0.4, -0.2) is 16.3 Å². The first-order chi connectivity index (χ1) is 12.3. The van der Waals surface area contributed by atoms with Crippen LogP contribution in [0.1, 0.15) is 31.9 Å². The fourth-order valence-corrected chi connectivity index (χ4v) is 2.50. The summed E-state index contributed by atoms with van der Waals surface area (Å²) in [4.78, 5) is 20.1. The zero-order chi connectivity index (χ0) is 19.7. The molecule has 5 nitrogen and oxygen atoms in total. The van der Waals surface area contributed by atoms with Gasteiger partial charge in [0.15, 0.2) is 0 Å². The molecule has 2 rings (SSSR count). The first-order valence-electron chi connectivity index (χ1n) is 7.00. The van der Waals surface area contributed by atoms with Crippen molar-refractivity contribution in [3.8, 4) is 12.1 Å². The Kier molecular flexibility index (Phi) is 9.01. The molecule has 0 saturated carbocycles. The van der Waals surface area contributed by atoms with Gasteiger partial charge in [0.05, 0.1) is 23.3 Å². The topological polar surface area (TPSA) is 102 Å². The van der Waals surface area contributed by atoms with Crippen LogP contribution in [0, 0.1) is 22.7 Å². The number of nitriles is 2. The van der Waals surface area contributed by atoms with Crippen LogP contribution in [0.5, 0.6) is 0 Å². The number of rotatable bonds is 4. The molecule has 0 saturated heterocycles. The van der Waals surface area contributed by atoms with Gasteiger partial charge in [-0.15, -0.1) is 0 Å². The van der Waals surface area contributed by atoms with Gasteiger partial charge >= 0.3 is 5.97 Å².